The van der Waals surface area contributed by atoms with Crippen molar-refractivity contribution in [3.63, 3.8) is 0 Å². The molecule has 20 heavy (non-hydrogen) atoms. The maximum absolute atomic E-state index is 12.1. The Hall–Kier alpha value is -2.64. The molecule has 0 radical (unpaired) electrons. The van der Waals surface area contributed by atoms with Crippen molar-refractivity contribution in [1.82, 2.24) is 5.32 Å². The molecule has 100 valence electrons. The molecule has 0 unspecified atom stereocenters. The van der Waals surface area contributed by atoms with E-state index in [1.165, 1.54) is 0 Å². The fourth-order valence-electron chi connectivity index (χ4n) is 1.86. The van der Waals surface area contributed by atoms with Crippen LogP contribution < -0.4 is 10.6 Å². The SMILES string of the molecule is CNCc1cccc(NC(=O)c2ccc(C#N)cc2)c1. The Labute approximate surface area is 118 Å². The van der Waals surface area contributed by atoms with Crippen LogP contribution in [0.5, 0.6) is 0 Å². The van der Waals surface area contributed by atoms with E-state index in [-0.39, 0.29) is 5.91 Å². The van der Waals surface area contributed by atoms with Gasteiger partial charge in [-0.05, 0) is 49.0 Å². The molecule has 1 amide bonds. The molecule has 0 aliphatic heterocycles. The van der Waals surface area contributed by atoms with Crippen molar-refractivity contribution in [2.75, 3.05) is 12.4 Å². The second kappa shape index (κ2) is 6.50. The van der Waals surface area contributed by atoms with Crippen LogP contribution in [0.4, 0.5) is 5.69 Å². The summed E-state index contributed by atoms with van der Waals surface area (Å²) >= 11 is 0. The van der Waals surface area contributed by atoms with Gasteiger partial charge in [-0.1, -0.05) is 12.1 Å². The number of carbonyl (C=O) groups is 1. The van der Waals surface area contributed by atoms with Gasteiger partial charge in [0.05, 0.1) is 11.6 Å². The first kappa shape index (κ1) is 13.8. The van der Waals surface area contributed by atoms with Crippen LogP contribution in [-0.2, 0) is 6.54 Å². The molecule has 0 heterocycles. The van der Waals surface area contributed by atoms with Gasteiger partial charge in [0.2, 0.25) is 0 Å². The van der Waals surface area contributed by atoms with Crippen molar-refractivity contribution < 1.29 is 4.79 Å². The van der Waals surface area contributed by atoms with Crippen molar-refractivity contribution in [1.29, 1.82) is 5.26 Å². The van der Waals surface area contributed by atoms with Crippen LogP contribution >= 0.6 is 0 Å². The van der Waals surface area contributed by atoms with Crippen LogP contribution in [0.3, 0.4) is 0 Å². The van der Waals surface area contributed by atoms with Crippen molar-refractivity contribution >= 4 is 11.6 Å². The first-order valence-electron chi connectivity index (χ1n) is 6.28. The van der Waals surface area contributed by atoms with E-state index in [2.05, 4.69) is 10.6 Å². The summed E-state index contributed by atoms with van der Waals surface area (Å²) in [5.41, 5.74) is 2.93. The lowest BCUT2D eigenvalue weighted by Gasteiger charge is -2.07. The quantitative estimate of drug-likeness (QED) is 0.892. The van der Waals surface area contributed by atoms with Crippen LogP contribution in [0.15, 0.2) is 48.5 Å². The lowest BCUT2D eigenvalue weighted by Crippen LogP contribution is -2.12. The predicted octanol–water partition coefficient (Wildman–Crippen LogP) is 2.53. The third-order valence-corrected chi connectivity index (χ3v) is 2.84. The first-order chi connectivity index (χ1) is 9.72. The van der Waals surface area contributed by atoms with E-state index in [0.29, 0.717) is 11.1 Å². The predicted molar refractivity (Wildman–Crippen MR) is 78.3 cm³/mol. The molecular weight excluding hydrogens is 250 g/mol. The van der Waals surface area contributed by atoms with Crippen molar-refractivity contribution in [2.24, 2.45) is 0 Å². The molecule has 2 aromatic carbocycles. The van der Waals surface area contributed by atoms with Gasteiger partial charge in [-0.25, -0.2) is 0 Å². The minimum atomic E-state index is -0.184. The molecule has 4 heteroatoms. The number of rotatable bonds is 4. The van der Waals surface area contributed by atoms with E-state index in [9.17, 15) is 4.79 Å². The first-order valence-corrected chi connectivity index (χ1v) is 6.28. The van der Waals surface area contributed by atoms with Crippen LogP contribution in [0.2, 0.25) is 0 Å². The summed E-state index contributed by atoms with van der Waals surface area (Å²) in [4.78, 5) is 12.1. The molecule has 0 bridgehead atoms. The Balaban J connectivity index is 2.10. The average molecular weight is 265 g/mol. The van der Waals surface area contributed by atoms with Gasteiger partial charge in [-0.3, -0.25) is 4.79 Å². The van der Waals surface area contributed by atoms with E-state index >= 15 is 0 Å². The molecule has 0 aliphatic carbocycles. The van der Waals surface area contributed by atoms with Gasteiger partial charge >= 0.3 is 0 Å². The number of nitrogens with one attached hydrogen (secondary N) is 2. The fraction of sp³-hybridized carbons (Fsp3) is 0.125. The summed E-state index contributed by atoms with van der Waals surface area (Å²) in [6.45, 7) is 0.751. The van der Waals surface area contributed by atoms with E-state index < -0.39 is 0 Å². The topological polar surface area (TPSA) is 64.9 Å². The van der Waals surface area contributed by atoms with Gasteiger partial charge in [0.1, 0.15) is 0 Å². The standard InChI is InChI=1S/C16H15N3O/c1-18-11-13-3-2-4-15(9-13)19-16(20)14-7-5-12(10-17)6-8-14/h2-9,18H,11H2,1H3,(H,19,20). The molecular formula is C16H15N3O. The van der Waals surface area contributed by atoms with Gasteiger partial charge in [0.25, 0.3) is 5.91 Å². The molecule has 2 N–H and O–H groups in total. The summed E-state index contributed by atoms with van der Waals surface area (Å²) in [5.74, 6) is -0.184. The second-order valence-electron chi connectivity index (χ2n) is 4.37. The fourth-order valence-corrected chi connectivity index (χ4v) is 1.86. The van der Waals surface area contributed by atoms with Gasteiger partial charge in [-0.15, -0.1) is 0 Å². The summed E-state index contributed by atoms with van der Waals surface area (Å²) in [6.07, 6.45) is 0. The molecule has 0 aromatic heterocycles. The number of amides is 1. The largest absolute Gasteiger partial charge is 0.322 e. The molecule has 2 aromatic rings. The molecule has 0 aliphatic rings. The number of anilines is 1. The van der Waals surface area contributed by atoms with Crippen molar-refractivity contribution in [3.05, 3.63) is 65.2 Å². The summed E-state index contributed by atoms with van der Waals surface area (Å²) < 4.78 is 0. The number of nitriles is 1. The van der Waals surface area contributed by atoms with Gasteiger partial charge < -0.3 is 10.6 Å². The lowest BCUT2D eigenvalue weighted by atomic mass is 10.1. The number of hydrogen-bond acceptors (Lipinski definition) is 3. The van der Waals surface area contributed by atoms with E-state index in [1.807, 2.05) is 37.4 Å². The molecule has 0 saturated carbocycles. The van der Waals surface area contributed by atoms with Gasteiger partial charge in [-0.2, -0.15) is 5.26 Å². The zero-order valence-electron chi connectivity index (χ0n) is 11.2. The summed E-state index contributed by atoms with van der Waals surface area (Å²) in [7, 11) is 1.88. The van der Waals surface area contributed by atoms with E-state index in [4.69, 9.17) is 5.26 Å². The highest BCUT2D eigenvalue weighted by atomic mass is 16.1. The Morgan fingerprint density at radius 3 is 2.60 bits per heavy atom. The molecule has 0 atom stereocenters. The van der Waals surface area contributed by atoms with Crippen LogP contribution in [0, 0.1) is 11.3 Å². The highest BCUT2D eigenvalue weighted by molar-refractivity contribution is 6.04. The van der Waals surface area contributed by atoms with Crippen molar-refractivity contribution in [2.45, 2.75) is 6.54 Å². The number of carbonyl (C=O) groups excluding carboxylic acids is 1. The highest BCUT2D eigenvalue weighted by Crippen LogP contribution is 2.12. The zero-order chi connectivity index (χ0) is 14.4. The molecule has 2 rings (SSSR count). The molecule has 0 spiro atoms. The van der Waals surface area contributed by atoms with Crippen LogP contribution in [-0.4, -0.2) is 13.0 Å². The Bertz CT molecular complexity index is 642. The van der Waals surface area contributed by atoms with E-state index in [1.54, 1.807) is 24.3 Å². The number of hydrogen-bond donors (Lipinski definition) is 2. The molecule has 0 saturated heterocycles. The van der Waals surface area contributed by atoms with Crippen LogP contribution in [0.1, 0.15) is 21.5 Å². The van der Waals surface area contributed by atoms with Crippen molar-refractivity contribution in [3.8, 4) is 6.07 Å². The third kappa shape index (κ3) is 3.44. The monoisotopic (exact) mass is 265 g/mol. The van der Waals surface area contributed by atoms with Gasteiger partial charge in [0, 0.05) is 17.8 Å². The maximum atomic E-state index is 12.1. The minimum Gasteiger partial charge on any atom is -0.322 e. The summed E-state index contributed by atoms with van der Waals surface area (Å²) in [5, 5.41) is 14.6. The number of nitrogens with zero attached hydrogens (tertiary/aromatic N) is 1. The molecule has 0 fully saturated rings. The van der Waals surface area contributed by atoms with E-state index in [0.717, 1.165) is 17.8 Å². The minimum absolute atomic E-state index is 0.184. The lowest BCUT2D eigenvalue weighted by molar-refractivity contribution is 0.102. The number of benzene rings is 2. The highest BCUT2D eigenvalue weighted by Gasteiger charge is 2.06. The normalized spacial score (nSPS) is 9.80. The summed E-state index contributed by atoms with van der Waals surface area (Å²) in [6, 6.07) is 16.3. The Kier molecular flexibility index (Phi) is 4.48. The van der Waals surface area contributed by atoms with Gasteiger partial charge in [0.15, 0.2) is 0 Å². The molecule has 4 nitrogen and oxygen atoms in total. The Morgan fingerprint density at radius 1 is 1.20 bits per heavy atom. The Morgan fingerprint density at radius 2 is 1.95 bits per heavy atom. The third-order valence-electron chi connectivity index (χ3n) is 2.84. The smallest absolute Gasteiger partial charge is 0.255 e. The second-order valence-corrected chi connectivity index (χ2v) is 4.37. The maximum Gasteiger partial charge on any atom is 0.255 e. The average Bonchev–Trinajstić information content (AvgIpc) is 2.48. The zero-order valence-corrected chi connectivity index (χ0v) is 11.2. The van der Waals surface area contributed by atoms with Crippen LogP contribution in [0.25, 0.3) is 0 Å².